The molecule has 0 spiro atoms. The van der Waals surface area contributed by atoms with Crippen LogP contribution < -0.4 is 11.1 Å². The van der Waals surface area contributed by atoms with Crippen LogP contribution in [0.25, 0.3) is 0 Å². The zero-order chi connectivity index (χ0) is 15.9. The van der Waals surface area contributed by atoms with Gasteiger partial charge in [-0.25, -0.2) is 5.11 Å². The third kappa shape index (κ3) is 4.54. The maximum absolute atomic E-state index is 12.2. The lowest BCUT2D eigenvalue weighted by Crippen LogP contribution is -2.44. The first-order chi connectivity index (χ1) is 10.6. The van der Waals surface area contributed by atoms with E-state index in [1.54, 1.807) is 24.3 Å². The Morgan fingerprint density at radius 2 is 1.73 bits per heavy atom. The van der Waals surface area contributed by atoms with Crippen molar-refractivity contribution in [2.45, 2.75) is 25.3 Å². The predicted octanol–water partition coefficient (Wildman–Crippen LogP) is 0.800. The molecule has 1 heterocycles. The summed E-state index contributed by atoms with van der Waals surface area (Å²) >= 11 is 0. The number of rotatable bonds is 6. The van der Waals surface area contributed by atoms with E-state index in [2.05, 4.69) is 10.2 Å². The molecule has 2 amide bonds. The summed E-state index contributed by atoms with van der Waals surface area (Å²) in [6.07, 6.45) is 2.47. The van der Waals surface area contributed by atoms with Gasteiger partial charge in [0.15, 0.2) is 0 Å². The van der Waals surface area contributed by atoms with Crippen molar-refractivity contribution in [3.63, 3.8) is 0 Å². The third-order valence-corrected chi connectivity index (χ3v) is 3.97. The van der Waals surface area contributed by atoms with Crippen LogP contribution in [-0.2, 0) is 5.11 Å². The largest absolute Gasteiger partial charge is 0.366 e. The van der Waals surface area contributed by atoms with Crippen LogP contribution in [-0.4, -0.2) is 49.0 Å². The summed E-state index contributed by atoms with van der Waals surface area (Å²) in [5, 5.41) is 13.5. The molecule has 0 unspecified atom stereocenters. The second kappa shape index (κ2) is 7.91. The normalized spacial score (nSPS) is 16.4. The van der Waals surface area contributed by atoms with E-state index in [-0.39, 0.29) is 18.6 Å². The second-order valence-corrected chi connectivity index (χ2v) is 5.59. The maximum Gasteiger partial charge on any atom is 0.251 e. The van der Waals surface area contributed by atoms with Gasteiger partial charge in [-0.2, -0.15) is 0 Å². The van der Waals surface area contributed by atoms with Gasteiger partial charge in [0.25, 0.3) is 5.91 Å². The fourth-order valence-electron chi connectivity index (χ4n) is 2.64. The smallest absolute Gasteiger partial charge is 0.251 e. The first kappa shape index (κ1) is 16.5. The van der Waals surface area contributed by atoms with Crippen LogP contribution in [0.3, 0.4) is 0 Å². The molecule has 1 radical (unpaired) electrons. The Bertz CT molecular complexity index is 508. The summed E-state index contributed by atoms with van der Waals surface area (Å²) in [6.45, 7) is 2.63. The van der Waals surface area contributed by atoms with Crippen molar-refractivity contribution < 1.29 is 14.7 Å². The number of carbonyl (C=O) groups excluding carboxylic acids is 2. The fourth-order valence-corrected chi connectivity index (χ4v) is 2.64. The van der Waals surface area contributed by atoms with E-state index in [1.807, 2.05) is 0 Å². The van der Waals surface area contributed by atoms with Crippen molar-refractivity contribution in [1.82, 2.24) is 10.2 Å². The number of amides is 2. The first-order valence-electron chi connectivity index (χ1n) is 7.61. The number of nitrogens with zero attached hydrogens (tertiary/aromatic N) is 1. The van der Waals surface area contributed by atoms with E-state index in [1.165, 1.54) is 0 Å². The predicted molar refractivity (Wildman–Crippen MR) is 82.1 cm³/mol. The molecule has 1 aromatic rings. The van der Waals surface area contributed by atoms with E-state index in [0.29, 0.717) is 17.5 Å². The first-order valence-corrected chi connectivity index (χ1v) is 7.61. The summed E-state index contributed by atoms with van der Waals surface area (Å²) in [5.41, 5.74) is 6.09. The molecule has 0 atom stereocenters. The minimum atomic E-state index is -0.502. The van der Waals surface area contributed by atoms with E-state index in [4.69, 9.17) is 5.73 Å². The average Bonchev–Trinajstić information content (AvgIpc) is 2.54. The SMILES string of the molecule is NC(=O)c1ccc(C(=O)NC2CCN(CCC[O])CC2)cc1. The highest BCUT2D eigenvalue weighted by Gasteiger charge is 2.20. The molecule has 22 heavy (non-hydrogen) atoms. The van der Waals surface area contributed by atoms with Gasteiger partial charge in [-0.1, -0.05) is 0 Å². The van der Waals surface area contributed by atoms with E-state index in [0.717, 1.165) is 32.5 Å². The lowest BCUT2D eigenvalue weighted by Gasteiger charge is -2.32. The molecule has 0 saturated carbocycles. The second-order valence-electron chi connectivity index (χ2n) is 5.59. The Balaban J connectivity index is 1.81. The minimum Gasteiger partial charge on any atom is -0.366 e. The van der Waals surface area contributed by atoms with Gasteiger partial charge in [-0.3, -0.25) is 9.59 Å². The van der Waals surface area contributed by atoms with Crippen LogP contribution in [0, 0.1) is 0 Å². The van der Waals surface area contributed by atoms with Gasteiger partial charge in [0.05, 0.1) is 6.61 Å². The topological polar surface area (TPSA) is 95.3 Å². The van der Waals surface area contributed by atoms with Gasteiger partial charge >= 0.3 is 0 Å². The number of carbonyl (C=O) groups is 2. The number of benzene rings is 1. The highest BCUT2D eigenvalue weighted by Crippen LogP contribution is 2.12. The Kier molecular flexibility index (Phi) is 5.91. The van der Waals surface area contributed by atoms with Gasteiger partial charge in [0.2, 0.25) is 5.91 Å². The molecule has 0 aromatic heterocycles. The van der Waals surface area contributed by atoms with E-state index < -0.39 is 5.91 Å². The molecule has 1 aliphatic rings. The van der Waals surface area contributed by atoms with Crippen LogP contribution in [0.4, 0.5) is 0 Å². The zero-order valence-electron chi connectivity index (χ0n) is 12.6. The number of primary amides is 1. The third-order valence-electron chi connectivity index (χ3n) is 3.97. The Morgan fingerprint density at radius 3 is 2.27 bits per heavy atom. The fraction of sp³-hybridized carbons (Fsp3) is 0.500. The number of hydrogen-bond acceptors (Lipinski definition) is 3. The molecule has 1 saturated heterocycles. The molecule has 0 bridgehead atoms. The van der Waals surface area contributed by atoms with Gasteiger partial charge in [0, 0.05) is 36.8 Å². The quantitative estimate of drug-likeness (QED) is 0.813. The minimum absolute atomic E-state index is 0.0298. The standard InChI is InChI=1S/C16H22N3O3/c17-15(21)12-2-4-13(5-3-12)16(22)18-14-6-9-19(10-7-14)8-1-11-20/h2-5,14H,1,6-11H2,(H2,17,21)(H,18,22). The van der Waals surface area contributed by atoms with E-state index >= 15 is 0 Å². The molecule has 119 valence electrons. The molecule has 3 N–H and O–H groups in total. The molecular weight excluding hydrogens is 282 g/mol. The van der Waals surface area contributed by atoms with Crippen LogP contribution in [0.15, 0.2) is 24.3 Å². The highest BCUT2D eigenvalue weighted by atomic mass is 16.3. The van der Waals surface area contributed by atoms with Gasteiger partial charge in [-0.05, 0) is 43.5 Å². The van der Waals surface area contributed by atoms with Gasteiger partial charge < -0.3 is 16.0 Å². The lowest BCUT2D eigenvalue weighted by molar-refractivity contribution is 0.0905. The van der Waals surface area contributed by atoms with Crippen LogP contribution >= 0.6 is 0 Å². The molecule has 1 fully saturated rings. The highest BCUT2D eigenvalue weighted by molar-refractivity contribution is 5.97. The van der Waals surface area contributed by atoms with Crippen molar-refractivity contribution in [2.75, 3.05) is 26.2 Å². The molecule has 1 aromatic carbocycles. The summed E-state index contributed by atoms with van der Waals surface area (Å²) < 4.78 is 0. The molecule has 2 rings (SSSR count). The zero-order valence-corrected chi connectivity index (χ0v) is 12.6. The number of nitrogens with one attached hydrogen (secondary N) is 1. The van der Waals surface area contributed by atoms with Crippen molar-refractivity contribution in [1.29, 1.82) is 0 Å². The van der Waals surface area contributed by atoms with Crippen LogP contribution in [0.2, 0.25) is 0 Å². The van der Waals surface area contributed by atoms with Crippen molar-refractivity contribution in [2.24, 2.45) is 5.73 Å². The van der Waals surface area contributed by atoms with Gasteiger partial charge in [0.1, 0.15) is 0 Å². The molecule has 6 nitrogen and oxygen atoms in total. The van der Waals surface area contributed by atoms with Crippen molar-refractivity contribution >= 4 is 11.8 Å². The monoisotopic (exact) mass is 304 g/mol. The number of nitrogens with two attached hydrogens (primary N) is 1. The number of likely N-dealkylation sites (tertiary alicyclic amines) is 1. The summed E-state index contributed by atoms with van der Waals surface area (Å²) in [5.74, 6) is -0.633. The maximum atomic E-state index is 12.2. The Morgan fingerprint density at radius 1 is 1.14 bits per heavy atom. The summed E-state index contributed by atoms with van der Waals surface area (Å²) in [4.78, 5) is 25.4. The molecule has 1 aliphatic heterocycles. The lowest BCUT2D eigenvalue weighted by atomic mass is 10.0. The Hall–Kier alpha value is -1.92. The van der Waals surface area contributed by atoms with Crippen LogP contribution in [0.5, 0.6) is 0 Å². The Labute approximate surface area is 130 Å². The summed E-state index contributed by atoms with van der Waals surface area (Å²) in [7, 11) is 0. The molecule has 6 heteroatoms. The van der Waals surface area contributed by atoms with Gasteiger partial charge in [-0.15, -0.1) is 0 Å². The number of piperidine rings is 1. The van der Waals surface area contributed by atoms with Crippen molar-refractivity contribution in [3.05, 3.63) is 35.4 Å². The number of hydrogen-bond donors (Lipinski definition) is 2. The van der Waals surface area contributed by atoms with Crippen LogP contribution in [0.1, 0.15) is 40.0 Å². The average molecular weight is 304 g/mol. The van der Waals surface area contributed by atoms with E-state index in [9.17, 15) is 14.7 Å². The van der Waals surface area contributed by atoms with Crippen molar-refractivity contribution in [3.8, 4) is 0 Å². The summed E-state index contributed by atoms with van der Waals surface area (Å²) in [6, 6.07) is 6.50. The molecule has 0 aliphatic carbocycles. The molecular formula is C16H22N3O3.